The fraction of sp³-hybridized carbons (Fsp3) is 0.615. The minimum absolute atomic E-state index is 0.0392. The number of amides is 1. The molecule has 1 fully saturated rings. The second kappa shape index (κ2) is 5.24. The van der Waals surface area contributed by atoms with E-state index < -0.39 is 11.5 Å². The molecule has 0 saturated carbocycles. The Morgan fingerprint density at radius 2 is 2.20 bits per heavy atom. The molecule has 1 aliphatic rings. The number of aryl methyl sites for hydroxylation is 2. The molecule has 0 bridgehead atoms. The maximum Gasteiger partial charge on any atom is 0.325 e. The topological polar surface area (TPSA) is 101 Å². The number of rotatable bonds is 4. The lowest BCUT2D eigenvalue weighted by molar-refractivity contribution is -0.142. The van der Waals surface area contributed by atoms with Crippen molar-refractivity contribution < 1.29 is 14.7 Å². The van der Waals surface area contributed by atoms with Crippen LogP contribution in [0.15, 0.2) is 6.07 Å². The molecule has 1 aromatic heterocycles. The van der Waals surface area contributed by atoms with Gasteiger partial charge in [0.05, 0.1) is 5.69 Å². The van der Waals surface area contributed by atoms with Crippen molar-refractivity contribution in [1.29, 1.82) is 0 Å². The van der Waals surface area contributed by atoms with Gasteiger partial charge < -0.3 is 15.7 Å². The molecule has 1 atom stereocenters. The molecule has 7 nitrogen and oxygen atoms in total. The Hall–Kier alpha value is -1.89. The lowest BCUT2D eigenvalue weighted by Gasteiger charge is -2.20. The predicted octanol–water partition coefficient (Wildman–Crippen LogP) is 0.0934. The molecular formula is C13H20N4O3. The van der Waals surface area contributed by atoms with Crippen LogP contribution in [0, 0.1) is 0 Å². The quantitative estimate of drug-likeness (QED) is 0.814. The minimum atomic E-state index is -1.33. The van der Waals surface area contributed by atoms with Crippen molar-refractivity contribution >= 4 is 11.9 Å². The fourth-order valence-electron chi connectivity index (χ4n) is 2.40. The number of nitrogens with zero attached hydrogens (tertiary/aromatic N) is 3. The molecule has 1 amide bonds. The Kier molecular flexibility index (Phi) is 3.80. The highest BCUT2D eigenvalue weighted by Gasteiger charge is 2.43. The monoisotopic (exact) mass is 280 g/mol. The van der Waals surface area contributed by atoms with Crippen molar-refractivity contribution in [1.82, 2.24) is 14.7 Å². The molecule has 2 rings (SSSR count). The summed E-state index contributed by atoms with van der Waals surface area (Å²) in [5.74, 6) is -1.27. The van der Waals surface area contributed by atoms with Crippen LogP contribution in [0.3, 0.4) is 0 Å². The highest BCUT2D eigenvalue weighted by Crippen LogP contribution is 2.21. The summed E-state index contributed by atoms with van der Waals surface area (Å²) in [7, 11) is 0. The van der Waals surface area contributed by atoms with Gasteiger partial charge in [-0.25, -0.2) is 0 Å². The molecule has 0 radical (unpaired) electrons. The Morgan fingerprint density at radius 1 is 1.50 bits per heavy atom. The van der Waals surface area contributed by atoms with Crippen LogP contribution in [0.4, 0.5) is 0 Å². The van der Waals surface area contributed by atoms with Gasteiger partial charge in [-0.3, -0.25) is 14.3 Å². The molecule has 2 heterocycles. The van der Waals surface area contributed by atoms with Crippen LogP contribution in [0.1, 0.15) is 36.5 Å². The number of carbonyl (C=O) groups excluding carboxylic acids is 1. The summed E-state index contributed by atoms with van der Waals surface area (Å²) in [5.41, 5.74) is 5.81. The molecule has 3 N–H and O–H groups in total. The molecule has 1 unspecified atom stereocenters. The summed E-state index contributed by atoms with van der Waals surface area (Å²) in [5, 5.41) is 13.4. The van der Waals surface area contributed by atoms with Gasteiger partial charge in [0.1, 0.15) is 11.2 Å². The summed E-state index contributed by atoms with van der Waals surface area (Å²) < 4.78 is 1.65. The number of carbonyl (C=O) groups is 2. The van der Waals surface area contributed by atoms with E-state index in [-0.39, 0.29) is 18.9 Å². The van der Waals surface area contributed by atoms with Gasteiger partial charge in [-0.05, 0) is 25.8 Å². The zero-order valence-corrected chi connectivity index (χ0v) is 11.8. The summed E-state index contributed by atoms with van der Waals surface area (Å²) in [6, 6.07) is 1.77. The number of aromatic nitrogens is 2. The van der Waals surface area contributed by atoms with Gasteiger partial charge in [-0.1, -0.05) is 6.92 Å². The van der Waals surface area contributed by atoms with Crippen LogP contribution in [0.5, 0.6) is 0 Å². The Balaban J connectivity index is 2.21. The highest BCUT2D eigenvalue weighted by molar-refractivity contribution is 5.94. The molecule has 1 saturated heterocycles. The standard InChI is InChI=1S/C13H20N4O3/c1-3-9-7-10(17(4-2)15-9)11(18)16-6-5-13(14,8-16)12(19)20/h7H,3-6,8,14H2,1-2H3,(H,19,20). The fourth-order valence-corrected chi connectivity index (χ4v) is 2.40. The molecule has 0 aliphatic carbocycles. The first-order valence-corrected chi connectivity index (χ1v) is 6.79. The summed E-state index contributed by atoms with van der Waals surface area (Å²) in [4.78, 5) is 25.1. The predicted molar refractivity (Wildman–Crippen MR) is 72.4 cm³/mol. The zero-order chi connectivity index (χ0) is 14.9. The van der Waals surface area contributed by atoms with Crippen molar-refractivity contribution in [2.75, 3.05) is 13.1 Å². The SMILES string of the molecule is CCc1cc(C(=O)N2CCC(N)(C(=O)O)C2)n(CC)n1. The van der Waals surface area contributed by atoms with Crippen LogP contribution in [0.25, 0.3) is 0 Å². The first kappa shape index (κ1) is 14.5. The largest absolute Gasteiger partial charge is 0.480 e. The maximum absolute atomic E-state index is 12.5. The molecular weight excluding hydrogens is 260 g/mol. The third kappa shape index (κ3) is 2.40. The molecule has 0 spiro atoms. The number of hydrogen-bond donors (Lipinski definition) is 2. The normalized spacial score (nSPS) is 22.2. The summed E-state index contributed by atoms with van der Waals surface area (Å²) in [6.45, 7) is 4.89. The van der Waals surface area contributed by atoms with E-state index in [0.29, 0.717) is 18.8 Å². The van der Waals surface area contributed by atoms with Crippen LogP contribution in [-0.4, -0.2) is 50.3 Å². The number of hydrogen-bond acceptors (Lipinski definition) is 4. The molecule has 1 aliphatic heterocycles. The average molecular weight is 280 g/mol. The van der Waals surface area contributed by atoms with E-state index in [1.165, 1.54) is 4.90 Å². The van der Waals surface area contributed by atoms with Crippen LogP contribution >= 0.6 is 0 Å². The molecule has 1 aromatic rings. The highest BCUT2D eigenvalue weighted by atomic mass is 16.4. The Labute approximate surface area is 117 Å². The number of aliphatic carboxylic acids is 1. The van der Waals surface area contributed by atoms with Gasteiger partial charge in [0.25, 0.3) is 5.91 Å². The van der Waals surface area contributed by atoms with E-state index in [4.69, 9.17) is 10.8 Å². The van der Waals surface area contributed by atoms with Gasteiger partial charge in [0.2, 0.25) is 0 Å². The first-order chi connectivity index (χ1) is 9.41. The molecule has 110 valence electrons. The van der Waals surface area contributed by atoms with Gasteiger partial charge in [0.15, 0.2) is 0 Å². The van der Waals surface area contributed by atoms with E-state index in [0.717, 1.165) is 12.1 Å². The van der Waals surface area contributed by atoms with E-state index in [9.17, 15) is 9.59 Å². The van der Waals surface area contributed by atoms with E-state index in [1.807, 2.05) is 13.8 Å². The molecule has 0 aromatic carbocycles. The minimum Gasteiger partial charge on any atom is -0.480 e. The van der Waals surface area contributed by atoms with Crippen molar-refractivity contribution in [3.05, 3.63) is 17.5 Å². The van der Waals surface area contributed by atoms with Gasteiger partial charge in [-0.2, -0.15) is 5.10 Å². The van der Waals surface area contributed by atoms with Crippen LogP contribution in [-0.2, 0) is 17.8 Å². The number of nitrogens with two attached hydrogens (primary N) is 1. The average Bonchev–Trinajstić information content (AvgIpc) is 3.02. The molecule has 7 heteroatoms. The Morgan fingerprint density at radius 3 is 2.70 bits per heavy atom. The van der Waals surface area contributed by atoms with E-state index in [1.54, 1.807) is 10.7 Å². The Bertz CT molecular complexity index is 540. The lowest BCUT2D eigenvalue weighted by atomic mass is 10.0. The van der Waals surface area contributed by atoms with Crippen LogP contribution in [0.2, 0.25) is 0 Å². The number of carboxylic acids is 1. The molecule has 20 heavy (non-hydrogen) atoms. The lowest BCUT2D eigenvalue weighted by Crippen LogP contribution is -2.50. The summed E-state index contributed by atoms with van der Waals surface area (Å²) >= 11 is 0. The van der Waals surface area contributed by atoms with Crippen molar-refractivity contribution in [3.63, 3.8) is 0 Å². The number of likely N-dealkylation sites (tertiary alicyclic amines) is 1. The van der Waals surface area contributed by atoms with Crippen LogP contribution < -0.4 is 5.73 Å². The maximum atomic E-state index is 12.5. The third-order valence-corrected chi connectivity index (χ3v) is 3.73. The van der Waals surface area contributed by atoms with Crippen molar-refractivity contribution in [2.24, 2.45) is 5.73 Å². The van der Waals surface area contributed by atoms with Gasteiger partial charge in [-0.15, -0.1) is 0 Å². The number of carboxylic acid groups (broad SMARTS) is 1. The first-order valence-electron chi connectivity index (χ1n) is 6.79. The summed E-state index contributed by atoms with van der Waals surface area (Å²) in [6.07, 6.45) is 1.03. The second-order valence-electron chi connectivity index (χ2n) is 5.13. The van der Waals surface area contributed by atoms with E-state index in [2.05, 4.69) is 5.10 Å². The van der Waals surface area contributed by atoms with Crippen molar-refractivity contribution in [2.45, 2.75) is 38.8 Å². The zero-order valence-electron chi connectivity index (χ0n) is 11.8. The smallest absolute Gasteiger partial charge is 0.325 e. The van der Waals surface area contributed by atoms with Crippen molar-refractivity contribution in [3.8, 4) is 0 Å². The third-order valence-electron chi connectivity index (χ3n) is 3.73. The van der Waals surface area contributed by atoms with E-state index >= 15 is 0 Å². The van der Waals surface area contributed by atoms with Gasteiger partial charge in [0, 0.05) is 19.6 Å². The second-order valence-corrected chi connectivity index (χ2v) is 5.13. The van der Waals surface area contributed by atoms with Gasteiger partial charge >= 0.3 is 5.97 Å².